The maximum absolute atomic E-state index is 5.70. The first kappa shape index (κ1) is 8.99. The number of aromatic nitrogens is 2. The molecule has 5 heteroatoms. The quantitative estimate of drug-likeness (QED) is 0.789. The molecule has 2 heterocycles. The maximum atomic E-state index is 5.70. The van der Waals surface area contributed by atoms with Crippen LogP contribution in [0, 0.1) is 0 Å². The molecular formula is C8H5ClN2S2. The Kier molecular flexibility index (Phi) is 2.83. The smallest absolute Gasteiger partial charge is 0.148 e. The highest BCUT2D eigenvalue weighted by molar-refractivity contribution is 8.01. The number of nitrogens with zero attached hydrogens (tertiary/aromatic N) is 2. The van der Waals surface area contributed by atoms with Crippen molar-refractivity contribution in [2.24, 2.45) is 0 Å². The lowest BCUT2D eigenvalue weighted by Gasteiger charge is -1.95. The summed E-state index contributed by atoms with van der Waals surface area (Å²) in [7, 11) is 0. The van der Waals surface area contributed by atoms with Crippen LogP contribution in [0.5, 0.6) is 0 Å². The summed E-state index contributed by atoms with van der Waals surface area (Å²) in [5, 5.41) is 3.29. The zero-order valence-corrected chi connectivity index (χ0v) is 8.86. The Morgan fingerprint density at radius 1 is 1.38 bits per heavy atom. The Morgan fingerprint density at radius 3 is 3.00 bits per heavy atom. The second-order valence-electron chi connectivity index (χ2n) is 2.21. The molecule has 0 amide bonds. The molecule has 2 aromatic heterocycles. The van der Waals surface area contributed by atoms with Gasteiger partial charge in [0.15, 0.2) is 0 Å². The fraction of sp³-hybridized carbons (Fsp3) is 0. The summed E-state index contributed by atoms with van der Waals surface area (Å²) < 4.78 is 1.19. The van der Waals surface area contributed by atoms with Crippen molar-refractivity contribution in [2.45, 2.75) is 9.24 Å². The molecule has 0 bridgehead atoms. The van der Waals surface area contributed by atoms with Gasteiger partial charge in [-0.2, -0.15) is 0 Å². The standard InChI is InChI=1S/C8H5ClN2S2/c9-6-4-10-5-7(11-6)13-8-2-1-3-12-8/h1-5H. The summed E-state index contributed by atoms with van der Waals surface area (Å²) in [4.78, 5) is 8.07. The third kappa shape index (κ3) is 2.43. The molecule has 0 unspecified atom stereocenters. The van der Waals surface area contributed by atoms with Gasteiger partial charge < -0.3 is 0 Å². The van der Waals surface area contributed by atoms with E-state index in [2.05, 4.69) is 9.97 Å². The van der Waals surface area contributed by atoms with Crippen molar-refractivity contribution in [3.8, 4) is 0 Å². The molecule has 2 nitrogen and oxygen atoms in total. The molecule has 0 fully saturated rings. The van der Waals surface area contributed by atoms with Gasteiger partial charge in [-0.3, -0.25) is 4.98 Å². The van der Waals surface area contributed by atoms with Gasteiger partial charge in [-0.25, -0.2) is 4.98 Å². The molecule has 0 spiro atoms. The van der Waals surface area contributed by atoms with E-state index < -0.39 is 0 Å². The summed E-state index contributed by atoms with van der Waals surface area (Å²) in [6.45, 7) is 0. The van der Waals surface area contributed by atoms with E-state index in [-0.39, 0.29) is 0 Å². The van der Waals surface area contributed by atoms with Crippen LogP contribution in [0.2, 0.25) is 5.15 Å². The molecule has 0 aromatic carbocycles. The van der Waals surface area contributed by atoms with Crippen molar-refractivity contribution in [3.63, 3.8) is 0 Å². The molecule has 0 saturated carbocycles. The van der Waals surface area contributed by atoms with Crippen molar-refractivity contribution in [2.75, 3.05) is 0 Å². The van der Waals surface area contributed by atoms with Crippen LogP contribution in [-0.2, 0) is 0 Å². The maximum Gasteiger partial charge on any atom is 0.148 e. The van der Waals surface area contributed by atoms with Gasteiger partial charge in [-0.05, 0) is 11.4 Å². The number of hydrogen-bond acceptors (Lipinski definition) is 4. The number of halogens is 1. The first-order chi connectivity index (χ1) is 6.34. The van der Waals surface area contributed by atoms with Gasteiger partial charge in [0.1, 0.15) is 10.2 Å². The van der Waals surface area contributed by atoms with Gasteiger partial charge in [0, 0.05) is 0 Å². The van der Waals surface area contributed by atoms with Crippen molar-refractivity contribution in [3.05, 3.63) is 35.1 Å². The fourth-order valence-corrected chi connectivity index (χ4v) is 2.67. The molecule has 0 saturated heterocycles. The predicted octanol–water partition coefficient (Wildman–Crippen LogP) is 3.34. The monoisotopic (exact) mass is 228 g/mol. The highest BCUT2D eigenvalue weighted by Crippen LogP contribution is 2.29. The van der Waals surface area contributed by atoms with Crippen molar-refractivity contribution in [1.82, 2.24) is 9.97 Å². The summed E-state index contributed by atoms with van der Waals surface area (Å²) in [5.74, 6) is 0. The van der Waals surface area contributed by atoms with Crippen LogP contribution >= 0.6 is 34.7 Å². The summed E-state index contributed by atoms with van der Waals surface area (Å²) >= 11 is 8.95. The summed E-state index contributed by atoms with van der Waals surface area (Å²) in [5.41, 5.74) is 0. The molecular weight excluding hydrogens is 224 g/mol. The highest BCUT2D eigenvalue weighted by atomic mass is 35.5. The molecule has 0 aliphatic rings. The lowest BCUT2D eigenvalue weighted by Crippen LogP contribution is -1.81. The van der Waals surface area contributed by atoms with Gasteiger partial charge in [0.2, 0.25) is 0 Å². The van der Waals surface area contributed by atoms with Crippen molar-refractivity contribution < 1.29 is 0 Å². The topological polar surface area (TPSA) is 25.8 Å². The van der Waals surface area contributed by atoms with Gasteiger partial charge in [0.25, 0.3) is 0 Å². The molecule has 13 heavy (non-hydrogen) atoms. The molecule has 0 aliphatic heterocycles. The second kappa shape index (κ2) is 4.09. The minimum atomic E-state index is 0.432. The third-order valence-electron chi connectivity index (χ3n) is 1.28. The average Bonchev–Trinajstić information content (AvgIpc) is 2.57. The second-order valence-corrected chi connectivity index (χ2v) is 4.87. The zero-order chi connectivity index (χ0) is 9.10. The average molecular weight is 229 g/mol. The largest absolute Gasteiger partial charge is 0.259 e. The molecule has 2 rings (SSSR count). The minimum Gasteiger partial charge on any atom is -0.259 e. The van der Waals surface area contributed by atoms with Crippen LogP contribution in [0.4, 0.5) is 0 Å². The minimum absolute atomic E-state index is 0.432. The Labute approximate surface area is 89.0 Å². The Bertz CT molecular complexity index is 389. The predicted molar refractivity (Wildman–Crippen MR) is 55.5 cm³/mol. The lowest BCUT2D eigenvalue weighted by atomic mass is 10.7. The molecule has 66 valence electrons. The van der Waals surface area contributed by atoms with Crippen molar-refractivity contribution in [1.29, 1.82) is 0 Å². The fourth-order valence-electron chi connectivity index (χ4n) is 0.799. The van der Waals surface area contributed by atoms with E-state index in [0.29, 0.717) is 5.15 Å². The van der Waals surface area contributed by atoms with Gasteiger partial charge in [-0.1, -0.05) is 29.4 Å². The number of rotatable bonds is 2. The van der Waals surface area contributed by atoms with E-state index in [1.54, 1.807) is 29.3 Å². The van der Waals surface area contributed by atoms with E-state index >= 15 is 0 Å². The number of hydrogen-bond donors (Lipinski definition) is 0. The Hall–Kier alpha value is -0.580. The van der Waals surface area contributed by atoms with Crippen LogP contribution in [0.3, 0.4) is 0 Å². The molecule has 2 aromatic rings. The normalized spacial score (nSPS) is 10.2. The van der Waals surface area contributed by atoms with E-state index in [1.807, 2.05) is 17.5 Å². The van der Waals surface area contributed by atoms with E-state index in [1.165, 1.54) is 10.4 Å². The highest BCUT2D eigenvalue weighted by Gasteiger charge is 2.00. The summed E-state index contributed by atoms with van der Waals surface area (Å²) in [6.07, 6.45) is 3.23. The summed E-state index contributed by atoms with van der Waals surface area (Å²) in [6, 6.07) is 4.04. The first-order valence-electron chi connectivity index (χ1n) is 3.53. The lowest BCUT2D eigenvalue weighted by molar-refractivity contribution is 1.06. The van der Waals surface area contributed by atoms with Gasteiger partial charge >= 0.3 is 0 Å². The van der Waals surface area contributed by atoms with E-state index in [0.717, 1.165) is 5.03 Å². The van der Waals surface area contributed by atoms with Crippen LogP contribution in [-0.4, -0.2) is 9.97 Å². The SMILES string of the molecule is Clc1cncc(Sc2cccs2)n1. The first-order valence-corrected chi connectivity index (χ1v) is 5.61. The number of thiophene rings is 1. The Morgan fingerprint density at radius 2 is 2.31 bits per heavy atom. The molecule has 0 N–H and O–H groups in total. The molecule has 0 atom stereocenters. The van der Waals surface area contributed by atoms with Crippen LogP contribution < -0.4 is 0 Å². The third-order valence-corrected chi connectivity index (χ3v) is 3.41. The molecule has 0 radical (unpaired) electrons. The Balaban J connectivity index is 2.19. The van der Waals surface area contributed by atoms with Crippen LogP contribution in [0.15, 0.2) is 39.1 Å². The molecule has 0 aliphatic carbocycles. The van der Waals surface area contributed by atoms with Gasteiger partial charge in [-0.15, -0.1) is 11.3 Å². The van der Waals surface area contributed by atoms with E-state index in [9.17, 15) is 0 Å². The van der Waals surface area contributed by atoms with Crippen LogP contribution in [0.25, 0.3) is 0 Å². The van der Waals surface area contributed by atoms with Gasteiger partial charge in [0.05, 0.1) is 16.6 Å². The zero-order valence-electron chi connectivity index (χ0n) is 6.48. The van der Waals surface area contributed by atoms with Crippen LogP contribution in [0.1, 0.15) is 0 Å². The van der Waals surface area contributed by atoms with Crippen molar-refractivity contribution >= 4 is 34.7 Å². The van der Waals surface area contributed by atoms with E-state index in [4.69, 9.17) is 11.6 Å².